The molecular weight excluding hydrogens is 481 g/mol. The minimum absolute atomic E-state index is 0.0128. The highest BCUT2D eigenvalue weighted by Gasteiger charge is 2.37. The van der Waals surface area contributed by atoms with Crippen LogP contribution in [0, 0.1) is 0 Å². The Morgan fingerprint density at radius 2 is 1.83 bits per heavy atom. The van der Waals surface area contributed by atoms with Gasteiger partial charge in [0.15, 0.2) is 0 Å². The van der Waals surface area contributed by atoms with Crippen LogP contribution in [0.25, 0.3) is 0 Å². The maximum absolute atomic E-state index is 13.9. The van der Waals surface area contributed by atoms with Gasteiger partial charge in [0.1, 0.15) is 17.6 Å². The third-order valence-corrected chi connectivity index (χ3v) is 6.89. The average molecular weight is 503 g/mol. The highest BCUT2D eigenvalue weighted by atomic mass is 35.5. The number of fused-ring (bicyclic) bond motifs is 2. The van der Waals surface area contributed by atoms with Gasteiger partial charge in [-0.2, -0.15) is 13.2 Å². The lowest BCUT2D eigenvalue weighted by molar-refractivity contribution is -0.138. The summed E-state index contributed by atoms with van der Waals surface area (Å²) < 4.78 is 53.4. The molecule has 1 aliphatic carbocycles. The van der Waals surface area contributed by atoms with Crippen LogP contribution in [0.2, 0.25) is 5.02 Å². The van der Waals surface area contributed by atoms with Gasteiger partial charge in [0.2, 0.25) is 0 Å². The number of alkyl halides is 3. The Morgan fingerprint density at radius 1 is 1.09 bits per heavy atom. The number of aliphatic carboxylic acids is 1. The number of carboxylic acids is 1. The molecule has 0 amide bonds. The van der Waals surface area contributed by atoms with Gasteiger partial charge in [-0.1, -0.05) is 35.9 Å². The van der Waals surface area contributed by atoms with Crippen LogP contribution in [-0.4, -0.2) is 17.7 Å². The molecule has 1 heterocycles. The molecule has 35 heavy (non-hydrogen) atoms. The number of carbonyl (C=O) groups is 1. The summed E-state index contributed by atoms with van der Waals surface area (Å²) in [4.78, 5) is 11.1. The van der Waals surface area contributed by atoms with Crippen molar-refractivity contribution in [3.05, 3.63) is 93.0 Å². The standard InChI is InChI=1S/C27H22ClF3O4/c28-17-3-1-15(2-4-17)11-22-20-8-10-24(21(20)7-9-23(22)27(29,30)31)35-18-5-6-19-16(12-26(32)33)14-34-25(19)13-18/h1-7,9,13,16,24H,8,10-12,14H2,(H,32,33). The van der Waals surface area contributed by atoms with Crippen LogP contribution in [0.15, 0.2) is 54.6 Å². The van der Waals surface area contributed by atoms with Crippen molar-refractivity contribution in [2.45, 2.75) is 43.9 Å². The fraction of sp³-hybridized carbons (Fsp3) is 0.296. The first-order chi connectivity index (χ1) is 16.7. The van der Waals surface area contributed by atoms with E-state index in [0.717, 1.165) is 22.8 Å². The molecule has 182 valence electrons. The second-order valence-electron chi connectivity index (χ2n) is 8.91. The van der Waals surface area contributed by atoms with Crippen LogP contribution >= 0.6 is 11.6 Å². The molecule has 0 aromatic heterocycles. The van der Waals surface area contributed by atoms with Crippen LogP contribution in [0.1, 0.15) is 58.2 Å². The Morgan fingerprint density at radius 3 is 2.54 bits per heavy atom. The van der Waals surface area contributed by atoms with Gasteiger partial charge in [-0.15, -0.1) is 0 Å². The smallest absolute Gasteiger partial charge is 0.416 e. The van der Waals surface area contributed by atoms with Crippen LogP contribution in [0.4, 0.5) is 13.2 Å². The van der Waals surface area contributed by atoms with E-state index >= 15 is 0 Å². The molecule has 1 aliphatic heterocycles. The third kappa shape index (κ3) is 4.82. The van der Waals surface area contributed by atoms with Crippen LogP contribution in [0.5, 0.6) is 11.5 Å². The zero-order valence-electron chi connectivity index (χ0n) is 18.6. The van der Waals surface area contributed by atoms with E-state index in [9.17, 15) is 18.0 Å². The normalized spacial score (nSPS) is 18.6. The Bertz CT molecular complexity index is 1270. The van der Waals surface area contributed by atoms with Crippen molar-refractivity contribution in [3.8, 4) is 11.5 Å². The quantitative estimate of drug-likeness (QED) is 0.395. The van der Waals surface area contributed by atoms with E-state index in [4.69, 9.17) is 26.2 Å². The van der Waals surface area contributed by atoms with Crippen molar-refractivity contribution in [2.75, 3.05) is 6.61 Å². The van der Waals surface area contributed by atoms with Crippen molar-refractivity contribution in [1.82, 2.24) is 0 Å². The van der Waals surface area contributed by atoms with E-state index in [1.165, 1.54) is 6.07 Å². The van der Waals surface area contributed by atoms with Crippen molar-refractivity contribution < 1.29 is 32.5 Å². The Kier molecular flexibility index (Phi) is 6.13. The number of halogens is 4. The first-order valence-electron chi connectivity index (χ1n) is 11.3. The number of benzene rings is 3. The molecular formula is C27H22ClF3O4. The van der Waals surface area contributed by atoms with E-state index in [1.807, 2.05) is 0 Å². The summed E-state index contributed by atoms with van der Waals surface area (Å²) in [5, 5.41) is 9.61. The van der Waals surface area contributed by atoms with Crippen molar-refractivity contribution in [2.24, 2.45) is 0 Å². The molecule has 0 spiro atoms. The number of rotatable bonds is 6. The minimum atomic E-state index is -4.46. The molecule has 3 aromatic carbocycles. The van der Waals surface area contributed by atoms with Gasteiger partial charge in [0.25, 0.3) is 0 Å². The lowest BCUT2D eigenvalue weighted by Gasteiger charge is -2.20. The second kappa shape index (κ2) is 9.11. The fourth-order valence-corrected chi connectivity index (χ4v) is 5.14. The van der Waals surface area contributed by atoms with E-state index in [0.29, 0.717) is 41.5 Å². The summed E-state index contributed by atoms with van der Waals surface area (Å²) in [5.74, 6) is 0.0292. The highest BCUT2D eigenvalue weighted by molar-refractivity contribution is 6.30. The van der Waals surface area contributed by atoms with Crippen molar-refractivity contribution in [1.29, 1.82) is 0 Å². The fourth-order valence-electron chi connectivity index (χ4n) is 5.01. The highest BCUT2D eigenvalue weighted by Crippen LogP contribution is 2.44. The van der Waals surface area contributed by atoms with E-state index in [-0.39, 0.29) is 30.4 Å². The van der Waals surface area contributed by atoms with Crippen LogP contribution in [-0.2, 0) is 23.8 Å². The molecule has 0 fully saturated rings. The topological polar surface area (TPSA) is 55.8 Å². The Balaban J connectivity index is 1.42. The molecule has 0 radical (unpaired) electrons. The Hall–Kier alpha value is -3.19. The maximum Gasteiger partial charge on any atom is 0.416 e. The van der Waals surface area contributed by atoms with Gasteiger partial charge < -0.3 is 14.6 Å². The first kappa shape index (κ1) is 23.5. The molecule has 4 nitrogen and oxygen atoms in total. The molecule has 3 aromatic rings. The molecule has 1 N–H and O–H groups in total. The van der Waals surface area contributed by atoms with Crippen LogP contribution < -0.4 is 9.47 Å². The largest absolute Gasteiger partial charge is 0.492 e. The molecule has 0 saturated heterocycles. The molecule has 2 aliphatic rings. The van der Waals surface area contributed by atoms with Gasteiger partial charge in [-0.05, 0) is 65.8 Å². The van der Waals surface area contributed by atoms with Crippen molar-refractivity contribution >= 4 is 17.6 Å². The van der Waals surface area contributed by atoms with Gasteiger partial charge in [-0.3, -0.25) is 4.79 Å². The summed E-state index contributed by atoms with van der Waals surface area (Å²) in [5.41, 5.74) is 2.67. The minimum Gasteiger partial charge on any atom is -0.492 e. The zero-order chi connectivity index (χ0) is 24.7. The predicted octanol–water partition coefficient (Wildman–Crippen LogP) is 6.97. The number of carboxylic acid groups (broad SMARTS) is 1. The zero-order valence-corrected chi connectivity index (χ0v) is 19.3. The lowest BCUT2D eigenvalue weighted by atomic mass is 9.92. The lowest BCUT2D eigenvalue weighted by Crippen LogP contribution is -2.13. The molecule has 2 atom stereocenters. The second-order valence-corrected chi connectivity index (χ2v) is 9.35. The summed E-state index contributed by atoms with van der Waals surface area (Å²) >= 11 is 5.94. The molecule has 2 unspecified atom stereocenters. The van der Waals surface area contributed by atoms with Crippen molar-refractivity contribution in [3.63, 3.8) is 0 Å². The Labute approximate surface area is 205 Å². The average Bonchev–Trinajstić information content (AvgIpc) is 3.38. The summed E-state index contributed by atoms with van der Waals surface area (Å²) in [6, 6.07) is 14.8. The number of hydrogen-bond acceptors (Lipinski definition) is 3. The molecule has 8 heteroatoms. The summed E-state index contributed by atoms with van der Waals surface area (Å²) in [7, 11) is 0. The third-order valence-electron chi connectivity index (χ3n) is 6.63. The summed E-state index contributed by atoms with van der Waals surface area (Å²) in [6.45, 7) is 0.297. The van der Waals surface area contributed by atoms with Gasteiger partial charge in [-0.25, -0.2) is 0 Å². The van der Waals surface area contributed by atoms with E-state index < -0.39 is 17.7 Å². The van der Waals surface area contributed by atoms with Gasteiger partial charge in [0, 0.05) is 22.6 Å². The van der Waals surface area contributed by atoms with Gasteiger partial charge in [0.05, 0.1) is 18.6 Å². The molecule has 0 bridgehead atoms. The van der Waals surface area contributed by atoms with E-state index in [2.05, 4.69) is 0 Å². The first-order valence-corrected chi connectivity index (χ1v) is 11.7. The SMILES string of the molecule is O=C(O)CC1COc2cc(OC3CCc4c3ccc(C(F)(F)F)c4Cc3ccc(Cl)cc3)ccc21. The number of ether oxygens (including phenoxy) is 2. The van der Waals surface area contributed by atoms with Crippen LogP contribution in [0.3, 0.4) is 0 Å². The maximum atomic E-state index is 13.9. The molecule has 5 rings (SSSR count). The number of hydrogen-bond donors (Lipinski definition) is 1. The monoisotopic (exact) mass is 502 g/mol. The molecule has 0 saturated carbocycles. The predicted molar refractivity (Wildman–Crippen MR) is 124 cm³/mol. The van der Waals surface area contributed by atoms with E-state index in [1.54, 1.807) is 42.5 Å². The van der Waals surface area contributed by atoms with Gasteiger partial charge >= 0.3 is 12.1 Å². The summed E-state index contributed by atoms with van der Waals surface area (Å²) in [6.07, 6.45) is -3.66.